The maximum absolute atomic E-state index is 12.9. The highest BCUT2D eigenvalue weighted by Gasteiger charge is 2.28. The van der Waals surface area contributed by atoms with Crippen LogP contribution in [0.2, 0.25) is 0 Å². The van der Waals surface area contributed by atoms with Crippen molar-refractivity contribution in [2.24, 2.45) is 0 Å². The van der Waals surface area contributed by atoms with Crippen LogP contribution in [0.15, 0.2) is 57.9 Å². The summed E-state index contributed by atoms with van der Waals surface area (Å²) in [4.78, 5) is 14.8. The molecule has 2 aromatic rings. The first-order valence-electron chi connectivity index (χ1n) is 9.26. The third-order valence-corrected chi connectivity index (χ3v) is 7.51. The Morgan fingerprint density at radius 2 is 1.79 bits per heavy atom. The number of nitrogens with one attached hydrogen (secondary N) is 1. The third-order valence-electron chi connectivity index (χ3n) is 4.84. The van der Waals surface area contributed by atoms with Gasteiger partial charge in [0.25, 0.3) is 0 Å². The zero-order valence-electron chi connectivity index (χ0n) is 15.8. The number of carbonyl (C=O) groups excluding carboxylic acids is 1. The predicted molar refractivity (Wildman–Crippen MR) is 114 cm³/mol. The Bertz CT molecular complexity index is 941. The fraction of sp³-hybridized carbons (Fsp3) is 0.350. The first-order valence-corrected chi connectivity index (χ1v) is 11.5. The molecule has 1 fully saturated rings. The highest BCUT2D eigenvalue weighted by Crippen LogP contribution is 2.22. The van der Waals surface area contributed by atoms with E-state index in [2.05, 4.69) is 33.1 Å². The average Bonchev–Trinajstić information content (AvgIpc) is 2.70. The summed E-state index contributed by atoms with van der Waals surface area (Å²) in [6.07, 6.45) is 0.206. The molecule has 0 aliphatic carbocycles. The first-order chi connectivity index (χ1) is 13.4. The Labute approximate surface area is 174 Å². The van der Waals surface area contributed by atoms with Crippen molar-refractivity contribution in [3.63, 3.8) is 0 Å². The van der Waals surface area contributed by atoms with E-state index in [1.165, 1.54) is 10.4 Å². The van der Waals surface area contributed by atoms with E-state index in [0.29, 0.717) is 18.8 Å². The van der Waals surface area contributed by atoms with Crippen LogP contribution in [0.4, 0.5) is 5.69 Å². The number of rotatable bonds is 6. The normalized spacial score (nSPS) is 16.1. The Kier molecular flexibility index (Phi) is 6.87. The highest BCUT2D eigenvalue weighted by molar-refractivity contribution is 9.10. The van der Waals surface area contributed by atoms with Crippen molar-refractivity contribution < 1.29 is 13.2 Å². The van der Waals surface area contributed by atoms with Gasteiger partial charge in [-0.05, 0) is 36.4 Å². The van der Waals surface area contributed by atoms with Gasteiger partial charge in [-0.15, -0.1) is 0 Å². The van der Waals surface area contributed by atoms with Crippen LogP contribution in [0.5, 0.6) is 0 Å². The van der Waals surface area contributed by atoms with E-state index >= 15 is 0 Å². The van der Waals surface area contributed by atoms with Crippen molar-refractivity contribution in [1.29, 1.82) is 0 Å². The zero-order chi connectivity index (χ0) is 20.1. The van der Waals surface area contributed by atoms with Crippen LogP contribution >= 0.6 is 15.9 Å². The Morgan fingerprint density at radius 1 is 1.07 bits per heavy atom. The quantitative estimate of drug-likeness (QED) is 0.711. The van der Waals surface area contributed by atoms with Gasteiger partial charge < -0.3 is 10.2 Å². The molecular formula is C20H24BrN3O3S. The van der Waals surface area contributed by atoms with Crippen molar-refractivity contribution in [3.05, 3.63) is 58.6 Å². The molecule has 3 rings (SSSR count). The number of hydrogen-bond donors (Lipinski definition) is 1. The average molecular weight is 466 g/mol. The van der Waals surface area contributed by atoms with Gasteiger partial charge >= 0.3 is 0 Å². The Balaban J connectivity index is 1.70. The second-order valence-electron chi connectivity index (χ2n) is 6.68. The molecule has 1 amide bonds. The molecule has 0 atom stereocenters. The fourth-order valence-electron chi connectivity index (χ4n) is 3.19. The molecule has 2 aromatic carbocycles. The van der Waals surface area contributed by atoms with E-state index in [-0.39, 0.29) is 17.2 Å². The number of likely N-dealkylation sites (N-methyl/N-ethyl adjacent to an activating group) is 1. The lowest BCUT2D eigenvalue weighted by atomic mass is 10.1. The molecule has 1 aliphatic heterocycles. The smallest absolute Gasteiger partial charge is 0.243 e. The highest BCUT2D eigenvalue weighted by atomic mass is 79.9. The number of amides is 1. The summed E-state index contributed by atoms with van der Waals surface area (Å²) >= 11 is 3.43. The topological polar surface area (TPSA) is 69.7 Å². The summed E-state index contributed by atoms with van der Waals surface area (Å²) in [5.74, 6) is -0.196. The largest absolute Gasteiger partial charge is 0.326 e. The molecule has 0 bridgehead atoms. The van der Waals surface area contributed by atoms with Gasteiger partial charge in [-0.25, -0.2) is 8.42 Å². The van der Waals surface area contributed by atoms with Crippen molar-refractivity contribution in [2.45, 2.75) is 18.2 Å². The summed E-state index contributed by atoms with van der Waals surface area (Å²) in [5, 5.41) is 2.80. The molecule has 1 aliphatic rings. The molecule has 150 valence electrons. The van der Waals surface area contributed by atoms with Gasteiger partial charge in [0.15, 0.2) is 0 Å². The maximum atomic E-state index is 12.9. The molecule has 0 saturated carbocycles. The number of hydrogen-bond acceptors (Lipinski definition) is 4. The van der Waals surface area contributed by atoms with Crippen LogP contribution in [-0.4, -0.2) is 56.3 Å². The summed E-state index contributed by atoms with van der Waals surface area (Å²) in [7, 11) is -3.57. The standard InChI is InChI=1S/C20H24BrN3O3S/c1-2-23-10-12-24(13-11-23)28(26,27)18-8-5-7-17(15-18)22-20(25)14-16-6-3-4-9-19(16)21/h3-9,15H,2,10-14H2,1H3,(H,22,25). The SMILES string of the molecule is CCN1CCN(S(=O)(=O)c2cccc(NC(=O)Cc3ccccc3Br)c2)CC1. The van der Waals surface area contributed by atoms with Crippen molar-refractivity contribution >= 4 is 37.5 Å². The molecule has 0 spiro atoms. The minimum Gasteiger partial charge on any atom is -0.326 e. The minimum absolute atomic E-state index is 0.196. The lowest BCUT2D eigenvalue weighted by molar-refractivity contribution is -0.115. The van der Waals surface area contributed by atoms with Crippen molar-refractivity contribution in [1.82, 2.24) is 9.21 Å². The molecule has 0 unspecified atom stereocenters. The molecular weight excluding hydrogens is 442 g/mol. The van der Waals surface area contributed by atoms with Crippen LogP contribution in [0, 0.1) is 0 Å². The number of carbonyl (C=O) groups is 1. The van der Waals surface area contributed by atoms with Gasteiger partial charge in [-0.2, -0.15) is 4.31 Å². The van der Waals surface area contributed by atoms with Crippen LogP contribution in [0.3, 0.4) is 0 Å². The van der Waals surface area contributed by atoms with Crippen LogP contribution < -0.4 is 5.32 Å². The van der Waals surface area contributed by atoms with Crippen LogP contribution in [-0.2, 0) is 21.2 Å². The van der Waals surface area contributed by atoms with E-state index < -0.39 is 10.0 Å². The minimum atomic E-state index is -3.57. The monoisotopic (exact) mass is 465 g/mol. The van der Waals surface area contributed by atoms with Gasteiger partial charge in [0.2, 0.25) is 15.9 Å². The molecule has 6 nitrogen and oxygen atoms in total. The van der Waals surface area contributed by atoms with E-state index in [0.717, 1.165) is 29.7 Å². The van der Waals surface area contributed by atoms with Crippen LogP contribution in [0.1, 0.15) is 12.5 Å². The van der Waals surface area contributed by atoms with Gasteiger partial charge in [-0.3, -0.25) is 4.79 Å². The van der Waals surface area contributed by atoms with Gasteiger partial charge in [-0.1, -0.05) is 47.1 Å². The number of halogens is 1. The van der Waals surface area contributed by atoms with Gasteiger partial charge in [0, 0.05) is 36.3 Å². The number of sulfonamides is 1. The number of benzene rings is 2. The van der Waals surface area contributed by atoms with E-state index in [4.69, 9.17) is 0 Å². The number of nitrogens with zero attached hydrogens (tertiary/aromatic N) is 2. The lowest BCUT2D eigenvalue weighted by Crippen LogP contribution is -2.48. The van der Waals surface area contributed by atoms with Gasteiger partial charge in [0.1, 0.15) is 0 Å². The van der Waals surface area contributed by atoms with Crippen LogP contribution in [0.25, 0.3) is 0 Å². The molecule has 0 radical (unpaired) electrons. The molecule has 1 heterocycles. The molecule has 0 aromatic heterocycles. The summed E-state index contributed by atoms with van der Waals surface area (Å²) in [6, 6.07) is 14.0. The summed E-state index contributed by atoms with van der Waals surface area (Å²) in [6.45, 7) is 5.43. The third kappa shape index (κ3) is 5.00. The Hall–Kier alpha value is -1.74. The maximum Gasteiger partial charge on any atom is 0.243 e. The second-order valence-corrected chi connectivity index (χ2v) is 9.47. The molecule has 8 heteroatoms. The second kappa shape index (κ2) is 9.17. The molecule has 28 heavy (non-hydrogen) atoms. The van der Waals surface area contributed by atoms with Gasteiger partial charge in [0.05, 0.1) is 11.3 Å². The summed E-state index contributed by atoms with van der Waals surface area (Å²) < 4.78 is 28.3. The predicted octanol–water partition coefficient (Wildman–Crippen LogP) is 2.96. The molecule has 1 N–H and O–H groups in total. The number of anilines is 1. The van der Waals surface area contributed by atoms with E-state index in [1.807, 2.05) is 24.3 Å². The number of piperazine rings is 1. The summed E-state index contributed by atoms with van der Waals surface area (Å²) in [5.41, 5.74) is 1.35. The van der Waals surface area contributed by atoms with E-state index in [9.17, 15) is 13.2 Å². The lowest BCUT2D eigenvalue weighted by Gasteiger charge is -2.33. The van der Waals surface area contributed by atoms with E-state index in [1.54, 1.807) is 18.2 Å². The molecule has 1 saturated heterocycles. The van der Waals surface area contributed by atoms with Crippen molar-refractivity contribution in [2.75, 3.05) is 38.0 Å². The zero-order valence-corrected chi connectivity index (χ0v) is 18.2. The fourth-order valence-corrected chi connectivity index (χ4v) is 5.08. The Morgan fingerprint density at radius 3 is 2.46 bits per heavy atom. The van der Waals surface area contributed by atoms with Crippen molar-refractivity contribution in [3.8, 4) is 0 Å². The first kappa shape index (κ1) is 21.0.